The van der Waals surface area contributed by atoms with Crippen LogP contribution in [0.3, 0.4) is 0 Å². The van der Waals surface area contributed by atoms with Crippen LogP contribution in [0, 0.1) is 61.4 Å². The molecule has 0 N–H and O–H groups in total. The second-order valence-corrected chi connectivity index (χ2v) is 11.5. The van der Waals surface area contributed by atoms with Crippen LogP contribution in [-0.4, -0.2) is 43.4 Å². The number of hydrogen-bond donors (Lipinski definition) is 0. The van der Waals surface area contributed by atoms with E-state index >= 15 is 0 Å². The zero-order chi connectivity index (χ0) is 31.4. The fourth-order valence-electron chi connectivity index (χ4n) is 7.09. The van der Waals surface area contributed by atoms with E-state index in [-0.39, 0.29) is 49.2 Å². The van der Waals surface area contributed by atoms with E-state index in [1.54, 1.807) is 0 Å². The number of benzene rings is 1. The topological polar surface area (TPSA) is 18.5 Å². The van der Waals surface area contributed by atoms with Gasteiger partial charge in [-0.25, -0.2) is 0 Å². The third kappa shape index (κ3) is 7.50. The van der Waals surface area contributed by atoms with Crippen molar-refractivity contribution in [1.29, 1.82) is 0 Å². The van der Waals surface area contributed by atoms with Gasteiger partial charge in [0.1, 0.15) is 0 Å². The number of aryl methyl sites for hydroxylation is 1. The summed E-state index contributed by atoms with van der Waals surface area (Å²) in [6.07, 6.45) is -12.4. The molecule has 4 rings (SSSR count). The summed E-state index contributed by atoms with van der Waals surface area (Å²) >= 11 is 0. The van der Waals surface area contributed by atoms with E-state index in [1.807, 2.05) is 12.1 Å². The summed E-state index contributed by atoms with van der Waals surface area (Å²) in [5.74, 6) is 1.26. The first-order valence-corrected chi connectivity index (χ1v) is 14.1. The molecule has 0 radical (unpaired) electrons. The Morgan fingerprint density at radius 3 is 2.21 bits per heavy atom. The molecule has 0 aromatic heterocycles. The maximum absolute atomic E-state index is 13.0. The molecule has 1 aromatic rings. The van der Waals surface area contributed by atoms with Gasteiger partial charge in [-0.2, -0.15) is 81.3 Å². The number of halogens is 9. The molecular weight excluding hydrogens is 801 g/mol. The summed E-state index contributed by atoms with van der Waals surface area (Å²) in [4.78, 5) is 0. The second kappa shape index (κ2) is 14.8. The molecule has 0 bridgehead atoms. The van der Waals surface area contributed by atoms with Gasteiger partial charge in [0.15, 0.2) is 0 Å². The molecule has 3 aliphatic rings. The maximum atomic E-state index is 13.0. The summed E-state index contributed by atoms with van der Waals surface area (Å²) in [5, 5.41) is 0. The molecule has 0 heterocycles. The SMILES string of the molecule is CC12CCC3c4cc[c-]cc4CCC3C1CCC2OCCCOC(C(F)(F)F)(C(F)(F)F)C(F)(F)F.[2H]CCCC[CH2-].[U+2]. The molecule has 3 aliphatic carbocycles. The van der Waals surface area contributed by atoms with Crippen LogP contribution in [0.4, 0.5) is 39.5 Å². The first-order chi connectivity index (χ1) is 19.5. The molecule has 2 fully saturated rings. The van der Waals surface area contributed by atoms with Crippen LogP contribution in [0.5, 0.6) is 0 Å². The molecule has 42 heavy (non-hydrogen) atoms. The second-order valence-electron chi connectivity index (χ2n) is 11.5. The third-order valence-corrected chi connectivity index (χ3v) is 9.11. The largest absolute Gasteiger partial charge is 2.00 e. The summed E-state index contributed by atoms with van der Waals surface area (Å²) in [5.41, 5.74) is -3.75. The summed E-state index contributed by atoms with van der Waals surface area (Å²) in [7, 11) is 0. The zero-order valence-electron chi connectivity index (χ0n) is 24.7. The molecule has 5 unspecified atom stereocenters. The van der Waals surface area contributed by atoms with E-state index in [4.69, 9.17) is 6.11 Å². The maximum Gasteiger partial charge on any atom is 2.00 e. The Bertz CT molecular complexity index is 961. The molecule has 0 spiro atoms. The van der Waals surface area contributed by atoms with Crippen LogP contribution in [0.25, 0.3) is 0 Å². The minimum absolute atomic E-state index is 0. The molecular formula is C30H39F9O2U. The minimum atomic E-state index is -6.72. The van der Waals surface area contributed by atoms with Gasteiger partial charge in [-0.3, -0.25) is 0 Å². The van der Waals surface area contributed by atoms with Gasteiger partial charge >= 0.3 is 55.2 Å². The zero-order valence-corrected chi connectivity index (χ0v) is 27.8. The summed E-state index contributed by atoms with van der Waals surface area (Å²) in [6.45, 7) is 4.63. The van der Waals surface area contributed by atoms with Crippen LogP contribution < -0.4 is 0 Å². The first kappa shape index (κ1) is 36.0. The number of rotatable bonds is 8. The number of alkyl halides is 9. The Labute approximate surface area is 267 Å². The smallest absolute Gasteiger partial charge is 0.378 e. The predicted molar refractivity (Wildman–Crippen MR) is 136 cm³/mol. The quantitative estimate of drug-likeness (QED) is 0.148. The standard InChI is InChI=1S/C25H28F9O2.C5H11.U/c1-21-12-11-17-16-6-3-2-5-15(16)7-8-18(17)19(21)9-10-20(21)35-13-4-14-36-22(23(26,27)28,24(29,30)31)25(32,33)34;1-3-5-4-2;/h3,5-6,17-20H,4,7-14H2,1H3;1,3-5H2,2H3;/q2*-1;+2/i;2D;. The first-order valence-electron chi connectivity index (χ1n) is 14.8. The average molecular weight is 842 g/mol. The van der Waals surface area contributed by atoms with Crippen LogP contribution in [0.2, 0.25) is 0 Å². The Kier molecular flexibility index (Phi) is 12.7. The van der Waals surface area contributed by atoms with Gasteiger partial charge in [0, 0.05) is 7.98 Å². The molecule has 238 valence electrons. The van der Waals surface area contributed by atoms with E-state index in [1.165, 1.54) is 11.1 Å². The average Bonchev–Trinajstić information content (AvgIpc) is 3.23. The third-order valence-electron chi connectivity index (χ3n) is 9.11. The molecule has 1 aromatic carbocycles. The van der Waals surface area contributed by atoms with Gasteiger partial charge in [0.25, 0.3) is 0 Å². The number of unbranched alkanes of at least 4 members (excludes halogenated alkanes) is 2. The van der Waals surface area contributed by atoms with E-state index in [0.717, 1.165) is 51.4 Å². The molecule has 2 nitrogen and oxygen atoms in total. The predicted octanol–water partition coefficient (Wildman–Crippen LogP) is 9.57. The Morgan fingerprint density at radius 1 is 0.976 bits per heavy atom. The summed E-state index contributed by atoms with van der Waals surface area (Å²) in [6, 6.07) is 9.21. The van der Waals surface area contributed by atoms with Crippen molar-refractivity contribution in [3.05, 3.63) is 42.3 Å². The molecule has 12 heteroatoms. The Morgan fingerprint density at radius 2 is 1.64 bits per heavy atom. The van der Waals surface area contributed by atoms with Gasteiger partial charge in [-0.1, -0.05) is 39.5 Å². The molecule has 5 atom stereocenters. The van der Waals surface area contributed by atoms with E-state index in [0.29, 0.717) is 31.1 Å². The molecule has 0 amide bonds. The van der Waals surface area contributed by atoms with Crippen molar-refractivity contribution in [2.24, 2.45) is 17.3 Å². The van der Waals surface area contributed by atoms with Crippen molar-refractivity contribution in [2.75, 3.05) is 13.2 Å². The van der Waals surface area contributed by atoms with Gasteiger partial charge in [-0.05, 0) is 55.3 Å². The summed E-state index contributed by atoms with van der Waals surface area (Å²) < 4.78 is 133. The van der Waals surface area contributed by atoms with Crippen molar-refractivity contribution in [3.63, 3.8) is 0 Å². The number of ether oxygens (including phenoxy) is 2. The molecule has 0 aliphatic heterocycles. The van der Waals surface area contributed by atoms with E-state index in [2.05, 4.69) is 30.7 Å². The number of hydrogen-bond acceptors (Lipinski definition) is 2. The van der Waals surface area contributed by atoms with Gasteiger partial charge in [0.05, 0.1) is 12.7 Å². The van der Waals surface area contributed by atoms with E-state index < -0.39 is 37.2 Å². The minimum Gasteiger partial charge on any atom is -0.378 e. The van der Waals surface area contributed by atoms with Crippen molar-refractivity contribution < 1.29 is 81.5 Å². The fraction of sp³-hybridized carbons (Fsp3) is 0.767. The van der Waals surface area contributed by atoms with Gasteiger partial charge < -0.3 is 16.4 Å². The fourth-order valence-corrected chi connectivity index (χ4v) is 7.09. The van der Waals surface area contributed by atoms with Crippen LogP contribution in [0.1, 0.15) is 90.0 Å². The van der Waals surface area contributed by atoms with Crippen LogP contribution >= 0.6 is 0 Å². The molecule has 0 saturated heterocycles. The van der Waals surface area contributed by atoms with Gasteiger partial charge in [-0.15, -0.1) is 0 Å². The van der Waals surface area contributed by atoms with Gasteiger partial charge in [0.2, 0.25) is 0 Å². The Balaban J connectivity index is 0.000000837. The Hall–Kier alpha value is -0.438. The van der Waals surface area contributed by atoms with Crippen LogP contribution in [0.15, 0.2) is 18.2 Å². The van der Waals surface area contributed by atoms with Crippen molar-refractivity contribution in [1.82, 2.24) is 0 Å². The molecule has 2 saturated carbocycles. The van der Waals surface area contributed by atoms with E-state index in [9.17, 15) is 39.5 Å². The monoisotopic (exact) mass is 841 g/mol. The van der Waals surface area contributed by atoms with Crippen molar-refractivity contribution >= 4 is 0 Å². The van der Waals surface area contributed by atoms with Crippen molar-refractivity contribution in [2.45, 2.75) is 114 Å². The normalized spacial score (nSPS) is 27.9. The number of fused-ring (bicyclic) bond motifs is 5. The van der Waals surface area contributed by atoms with Crippen LogP contribution in [-0.2, 0) is 15.9 Å². The van der Waals surface area contributed by atoms with Crippen molar-refractivity contribution in [3.8, 4) is 0 Å².